The molecular weight excluding hydrogens is 360 g/mol. The molecule has 0 aliphatic carbocycles. The second kappa shape index (κ2) is 10.9. The van der Waals surface area contributed by atoms with Crippen molar-refractivity contribution in [2.75, 3.05) is 0 Å². The predicted molar refractivity (Wildman–Crippen MR) is 91.2 cm³/mol. The Bertz CT molecular complexity index is 545. The first kappa shape index (κ1) is 22.9. The number of ether oxygens (including phenoxy) is 5. The van der Waals surface area contributed by atoms with Crippen LogP contribution >= 0.6 is 0 Å². The molecule has 0 N–H and O–H groups in total. The molecule has 1 unspecified atom stereocenters. The highest BCUT2D eigenvalue weighted by Gasteiger charge is 2.52. The summed E-state index contributed by atoms with van der Waals surface area (Å²) >= 11 is 0. The Kier molecular flexibility index (Phi) is 9.20. The zero-order valence-electron chi connectivity index (χ0n) is 16.4. The summed E-state index contributed by atoms with van der Waals surface area (Å²) < 4.78 is 27.0. The van der Waals surface area contributed by atoms with Crippen molar-refractivity contribution < 1.29 is 42.9 Å². The minimum absolute atomic E-state index is 0.0500. The fourth-order valence-electron chi connectivity index (χ4n) is 2.41. The number of carbonyl (C=O) groups is 4. The van der Waals surface area contributed by atoms with Crippen LogP contribution in [0.3, 0.4) is 0 Å². The van der Waals surface area contributed by atoms with Crippen LogP contribution in [-0.4, -0.2) is 54.6 Å². The van der Waals surface area contributed by atoms with E-state index in [1.807, 2.05) is 0 Å². The van der Waals surface area contributed by atoms with Gasteiger partial charge in [0.15, 0.2) is 12.2 Å². The molecule has 27 heavy (non-hydrogen) atoms. The van der Waals surface area contributed by atoms with Gasteiger partial charge in [0.1, 0.15) is 0 Å². The van der Waals surface area contributed by atoms with Gasteiger partial charge in [0.25, 0.3) is 0 Å². The number of rotatable bonds is 8. The van der Waals surface area contributed by atoms with Crippen LogP contribution in [0.4, 0.5) is 0 Å². The van der Waals surface area contributed by atoms with Crippen LogP contribution in [0.25, 0.3) is 0 Å². The molecule has 0 saturated carbocycles. The molecule has 1 aliphatic heterocycles. The molecule has 0 radical (unpaired) electrons. The van der Waals surface area contributed by atoms with E-state index in [2.05, 4.69) is 0 Å². The lowest BCUT2D eigenvalue weighted by molar-refractivity contribution is -0.294. The van der Waals surface area contributed by atoms with E-state index in [1.165, 1.54) is 0 Å². The van der Waals surface area contributed by atoms with Crippen molar-refractivity contribution in [3.05, 3.63) is 0 Å². The summed E-state index contributed by atoms with van der Waals surface area (Å²) in [6, 6.07) is 0. The second-order valence-corrected chi connectivity index (χ2v) is 5.98. The molecule has 1 fully saturated rings. The third kappa shape index (κ3) is 6.50. The summed E-state index contributed by atoms with van der Waals surface area (Å²) in [5.41, 5.74) is 0. The van der Waals surface area contributed by atoms with Gasteiger partial charge < -0.3 is 23.7 Å². The molecular formula is C18H28O9. The van der Waals surface area contributed by atoms with E-state index in [0.29, 0.717) is 0 Å². The average Bonchev–Trinajstić information content (AvgIpc) is 2.66. The maximum atomic E-state index is 11.9. The van der Waals surface area contributed by atoms with E-state index in [-0.39, 0.29) is 25.7 Å². The van der Waals surface area contributed by atoms with Crippen LogP contribution in [-0.2, 0) is 42.9 Å². The van der Waals surface area contributed by atoms with Crippen molar-refractivity contribution >= 4 is 23.9 Å². The molecule has 0 aromatic heterocycles. The minimum atomic E-state index is -1.28. The van der Waals surface area contributed by atoms with E-state index in [0.717, 1.165) is 0 Å². The molecule has 0 amide bonds. The zero-order valence-corrected chi connectivity index (χ0v) is 16.4. The van der Waals surface area contributed by atoms with Crippen LogP contribution < -0.4 is 0 Å². The van der Waals surface area contributed by atoms with Gasteiger partial charge in [-0.15, -0.1) is 0 Å². The van der Waals surface area contributed by atoms with Crippen molar-refractivity contribution in [3.63, 3.8) is 0 Å². The Labute approximate surface area is 158 Å². The van der Waals surface area contributed by atoms with Gasteiger partial charge in [0, 0.05) is 25.7 Å². The minimum Gasteiger partial charge on any atom is -0.455 e. The molecule has 1 saturated heterocycles. The maximum absolute atomic E-state index is 11.9. The van der Waals surface area contributed by atoms with E-state index >= 15 is 0 Å². The van der Waals surface area contributed by atoms with Crippen LogP contribution in [0.1, 0.15) is 60.3 Å². The van der Waals surface area contributed by atoms with E-state index < -0.39 is 54.6 Å². The third-order valence-electron chi connectivity index (χ3n) is 3.93. The van der Waals surface area contributed by atoms with E-state index in [9.17, 15) is 19.2 Å². The van der Waals surface area contributed by atoms with Gasteiger partial charge in [-0.3, -0.25) is 19.2 Å². The van der Waals surface area contributed by atoms with E-state index in [4.69, 9.17) is 23.7 Å². The van der Waals surface area contributed by atoms with Crippen LogP contribution in [0.15, 0.2) is 0 Å². The van der Waals surface area contributed by atoms with Crippen molar-refractivity contribution in [1.29, 1.82) is 0 Å². The molecule has 0 aromatic carbocycles. The smallest absolute Gasteiger partial charge is 0.307 e. The van der Waals surface area contributed by atoms with Gasteiger partial charge in [0.05, 0.1) is 6.10 Å². The molecule has 5 atom stereocenters. The van der Waals surface area contributed by atoms with E-state index in [1.54, 1.807) is 34.6 Å². The lowest BCUT2D eigenvalue weighted by Crippen LogP contribution is -2.61. The fourth-order valence-corrected chi connectivity index (χ4v) is 2.41. The first-order valence-electron chi connectivity index (χ1n) is 9.20. The summed E-state index contributed by atoms with van der Waals surface area (Å²) in [7, 11) is 0. The quantitative estimate of drug-likeness (QED) is 0.452. The fraction of sp³-hybridized carbons (Fsp3) is 0.778. The van der Waals surface area contributed by atoms with Gasteiger partial charge in [-0.2, -0.15) is 0 Å². The Morgan fingerprint density at radius 1 is 0.630 bits per heavy atom. The molecule has 1 heterocycles. The summed E-state index contributed by atoms with van der Waals surface area (Å²) in [4.78, 5) is 47.4. The molecule has 1 rings (SSSR count). The first-order valence-corrected chi connectivity index (χ1v) is 9.20. The highest BCUT2D eigenvalue weighted by molar-refractivity contribution is 5.72. The van der Waals surface area contributed by atoms with Crippen LogP contribution in [0.2, 0.25) is 0 Å². The third-order valence-corrected chi connectivity index (χ3v) is 3.93. The molecule has 154 valence electrons. The monoisotopic (exact) mass is 388 g/mol. The largest absolute Gasteiger partial charge is 0.455 e. The van der Waals surface area contributed by atoms with Gasteiger partial charge in [-0.05, 0) is 6.92 Å². The molecule has 9 heteroatoms. The van der Waals surface area contributed by atoms with Crippen molar-refractivity contribution in [2.24, 2.45) is 0 Å². The highest BCUT2D eigenvalue weighted by atomic mass is 16.7. The Hall–Kier alpha value is -2.16. The number of esters is 4. The molecule has 0 spiro atoms. The number of hydrogen-bond donors (Lipinski definition) is 0. The van der Waals surface area contributed by atoms with Crippen molar-refractivity contribution in [1.82, 2.24) is 0 Å². The van der Waals surface area contributed by atoms with Gasteiger partial charge >= 0.3 is 23.9 Å². The summed E-state index contributed by atoms with van der Waals surface area (Å²) in [5, 5.41) is 0. The summed E-state index contributed by atoms with van der Waals surface area (Å²) in [6.07, 6.45) is -5.18. The lowest BCUT2D eigenvalue weighted by atomic mass is 9.98. The summed E-state index contributed by atoms with van der Waals surface area (Å²) in [5.74, 6) is -2.29. The lowest BCUT2D eigenvalue weighted by Gasteiger charge is -2.43. The molecule has 0 aromatic rings. The molecule has 1 aliphatic rings. The Balaban J connectivity index is 3.22. The highest BCUT2D eigenvalue weighted by Crippen LogP contribution is 2.30. The summed E-state index contributed by atoms with van der Waals surface area (Å²) in [6.45, 7) is 7.99. The molecule has 0 bridgehead atoms. The zero-order chi connectivity index (χ0) is 20.6. The average molecular weight is 388 g/mol. The van der Waals surface area contributed by atoms with Crippen LogP contribution in [0, 0.1) is 0 Å². The van der Waals surface area contributed by atoms with Gasteiger partial charge in [-0.25, -0.2) is 0 Å². The topological polar surface area (TPSA) is 114 Å². The van der Waals surface area contributed by atoms with Crippen molar-refractivity contribution in [3.8, 4) is 0 Å². The molecule has 9 nitrogen and oxygen atoms in total. The number of carbonyl (C=O) groups excluding carboxylic acids is 4. The maximum Gasteiger partial charge on any atom is 0.307 e. The van der Waals surface area contributed by atoms with Gasteiger partial charge in [-0.1, -0.05) is 27.7 Å². The van der Waals surface area contributed by atoms with Crippen molar-refractivity contribution in [2.45, 2.75) is 91.0 Å². The van der Waals surface area contributed by atoms with Gasteiger partial charge in [0.2, 0.25) is 12.4 Å². The Morgan fingerprint density at radius 2 is 1.00 bits per heavy atom. The second-order valence-electron chi connectivity index (χ2n) is 5.98. The standard InChI is InChI=1S/C18H28O9/c1-6-11(19)24-15-10(5)23-18(27-14(22)9-4)17(26-13(21)8-3)16(15)25-12(20)7-2/h10,15-18H,6-9H2,1-5H3/t10-,15+,16+,17-,18?/m0/s1. The first-order chi connectivity index (χ1) is 12.8. The Morgan fingerprint density at radius 3 is 1.44 bits per heavy atom. The SMILES string of the molecule is CCC(=O)OC1O[C@@H](C)[C@@H](OC(=O)CC)[C@@H](OC(=O)CC)[C@@H]1OC(=O)CC. The number of hydrogen-bond acceptors (Lipinski definition) is 9. The predicted octanol–water partition coefficient (Wildman–Crippen LogP) is 1.65. The van der Waals surface area contributed by atoms with Crippen LogP contribution in [0.5, 0.6) is 0 Å². The normalized spacial score (nSPS) is 27.4.